The Kier molecular flexibility index (Phi) is 4.62. The lowest BCUT2D eigenvalue weighted by Gasteiger charge is -2.27. The zero-order chi connectivity index (χ0) is 17.3. The summed E-state index contributed by atoms with van der Waals surface area (Å²) in [5.41, 5.74) is 0. The highest BCUT2D eigenvalue weighted by Crippen LogP contribution is 2.27. The number of rotatable bonds is 4. The second-order valence-electron chi connectivity index (χ2n) is 6.33. The predicted molar refractivity (Wildman–Crippen MR) is 82.0 cm³/mol. The lowest BCUT2D eigenvalue weighted by molar-refractivity contribution is -0.134. The predicted octanol–water partition coefficient (Wildman–Crippen LogP) is 2.30. The lowest BCUT2D eigenvalue weighted by atomic mass is 9.98. The Labute approximate surface area is 138 Å². The third kappa shape index (κ3) is 3.77. The molecule has 0 aromatic carbocycles. The van der Waals surface area contributed by atoms with Crippen molar-refractivity contribution in [3.05, 3.63) is 23.9 Å². The molecule has 0 N–H and O–H groups in total. The van der Waals surface area contributed by atoms with Gasteiger partial charge in [-0.2, -0.15) is 23.0 Å². The summed E-state index contributed by atoms with van der Waals surface area (Å²) in [6.45, 7) is 1.86. The first-order valence-electron chi connectivity index (χ1n) is 8.03. The Morgan fingerprint density at radius 3 is 2.71 bits per heavy atom. The number of likely N-dealkylation sites (N-methyl/N-ethyl adjacent to an activating group) is 1. The fraction of sp³-hybridized carbons (Fsp3) is 0.667. The van der Waals surface area contributed by atoms with Gasteiger partial charge in [-0.25, -0.2) is 4.98 Å². The SMILES string of the molecule is CN1CCCC(c2nc(CCC(F)(F)F)n(-c3ccnn3C)n2)C1. The number of hydrogen-bond acceptors (Lipinski definition) is 4. The van der Waals surface area contributed by atoms with E-state index in [1.807, 2.05) is 7.05 Å². The first kappa shape index (κ1) is 16.9. The number of nitrogens with zero attached hydrogens (tertiary/aromatic N) is 6. The van der Waals surface area contributed by atoms with Crippen LogP contribution in [-0.2, 0) is 13.5 Å². The maximum absolute atomic E-state index is 12.6. The van der Waals surface area contributed by atoms with Gasteiger partial charge in [-0.3, -0.25) is 4.68 Å². The minimum absolute atomic E-state index is 0.155. The van der Waals surface area contributed by atoms with Gasteiger partial charge in [-0.05, 0) is 26.4 Å². The van der Waals surface area contributed by atoms with E-state index in [0.29, 0.717) is 17.5 Å². The molecule has 1 saturated heterocycles. The van der Waals surface area contributed by atoms with E-state index in [4.69, 9.17) is 0 Å². The minimum Gasteiger partial charge on any atom is -0.306 e. The van der Waals surface area contributed by atoms with E-state index in [2.05, 4.69) is 20.1 Å². The Bertz CT molecular complexity index is 690. The number of aromatic nitrogens is 5. The monoisotopic (exact) mass is 342 g/mol. The number of likely N-dealkylation sites (tertiary alicyclic amines) is 1. The number of aryl methyl sites for hydroxylation is 2. The molecule has 1 aliphatic rings. The maximum Gasteiger partial charge on any atom is 0.389 e. The van der Waals surface area contributed by atoms with Gasteiger partial charge in [0.25, 0.3) is 0 Å². The lowest BCUT2D eigenvalue weighted by Crippen LogP contribution is -2.31. The van der Waals surface area contributed by atoms with Gasteiger partial charge in [0.15, 0.2) is 11.6 Å². The first-order valence-corrected chi connectivity index (χ1v) is 8.03. The summed E-state index contributed by atoms with van der Waals surface area (Å²) in [5.74, 6) is 1.73. The molecule has 1 atom stereocenters. The summed E-state index contributed by atoms with van der Waals surface area (Å²) in [6, 6.07) is 1.72. The van der Waals surface area contributed by atoms with Crippen molar-refractivity contribution >= 4 is 0 Å². The van der Waals surface area contributed by atoms with Crippen molar-refractivity contribution in [3.63, 3.8) is 0 Å². The van der Waals surface area contributed by atoms with Gasteiger partial charge >= 0.3 is 6.18 Å². The van der Waals surface area contributed by atoms with Gasteiger partial charge in [-0.15, -0.1) is 5.10 Å². The molecule has 0 aliphatic carbocycles. The molecule has 1 aliphatic heterocycles. The summed E-state index contributed by atoms with van der Waals surface area (Å²) >= 11 is 0. The van der Waals surface area contributed by atoms with Gasteiger partial charge in [-0.1, -0.05) is 0 Å². The van der Waals surface area contributed by atoms with Crippen LogP contribution < -0.4 is 0 Å². The Hall–Kier alpha value is -1.90. The smallest absolute Gasteiger partial charge is 0.306 e. The van der Waals surface area contributed by atoms with Crippen LogP contribution in [0.3, 0.4) is 0 Å². The van der Waals surface area contributed by atoms with Crippen molar-refractivity contribution < 1.29 is 13.2 Å². The van der Waals surface area contributed by atoms with Gasteiger partial charge in [0, 0.05) is 32.0 Å². The van der Waals surface area contributed by atoms with Crippen LogP contribution in [0.15, 0.2) is 12.3 Å². The fourth-order valence-electron chi connectivity index (χ4n) is 3.09. The number of piperidine rings is 1. The molecular formula is C15H21F3N6. The van der Waals surface area contributed by atoms with Crippen molar-refractivity contribution in [1.82, 2.24) is 29.4 Å². The summed E-state index contributed by atoms with van der Waals surface area (Å²) in [5, 5.41) is 8.60. The molecule has 2 aromatic heterocycles. The molecule has 2 aromatic rings. The van der Waals surface area contributed by atoms with Crippen molar-refractivity contribution in [1.29, 1.82) is 0 Å². The number of hydrogen-bond donors (Lipinski definition) is 0. The second kappa shape index (κ2) is 6.54. The van der Waals surface area contributed by atoms with Crippen molar-refractivity contribution in [3.8, 4) is 5.82 Å². The van der Waals surface area contributed by atoms with E-state index < -0.39 is 12.6 Å². The van der Waals surface area contributed by atoms with Crippen LogP contribution in [0.1, 0.15) is 36.8 Å². The van der Waals surface area contributed by atoms with Crippen molar-refractivity contribution in [2.45, 2.75) is 37.8 Å². The molecule has 6 nitrogen and oxygen atoms in total. The summed E-state index contributed by atoms with van der Waals surface area (Å²) in [4.78, 5) is 6.66. The van der Waals surface area contributed by atoms with Crippen LogP contribution in [0.4, 0.5) is 13.2 Å². The van der Waals surface area contributed by atoms with Crippen LogP contribution in [0.25, 0.3) is 5.82 Å². The first-order chi connectivity index (χ1) is 11.3. The molecule has 3 rings (SSSR count). The highest BCUT2D eigenvalue weighted by Gasteiger charge is 2.30. The molecule has 1 unspecified atom stereocenters. The van der Waals surface area contributed by atoms with E-state index >= 15 is 0 Å². The average molecular weight is 342 g/mol. The summed E-state index contributed by atoms with van der Waals surface area (Å²) in [7, 11) is 3.77. The molecule has 9 heteroatoms. The molecule has 0 bridgehead atoms. The van der Waals surface area contributed by atoms with Crippen molar-refractivity contribution in [2.75, 3.05) is 20.1 Å². The van der Waals surface area contributed by atoms with Crippen molar-refractivity contribution in [2.24, 2.45) is 7.05 Å². The third-order valence-corrected chi connectivity index (χ3v) is 4.32. The maximum atomic E-state index is 12.6. The number of halogens is 3. The molecule has 0 spiro atoms. The average Bonchev–Trinajstić information content (AvgIpc) is 3.10. The second-order valence-corrected chi connectivity index (χ2v) is 6.33. The molecule has 0 saturated carbocycles. The minimum atomic E-state index is -4.21. The fourth-order valence-corrected chi connectivity index (χ4v) is 3.09. The number of alkyl halides is 3. The Morgan fingerprint density at radius 2 is 2.08 bits per heavy atom. The summed E-state index contributed by atoms with van der Waals surface area (Å²) in [6.07, 6.45) is -1.72. The third-order valence-electron chi connectivity index (χ3n) is 4.32. The zero-order valence-corrected chi connectivity index (χ0v) is 13.8. The van der Waals surface area contributed by atoms with E-state index in [1.54, 1.807) is 24.0 Å². The van der Waals surface area contributed by atoms with Crippen LogP contribution in [0, 0.1) is 0 Å². The topological polar surface area (TPSA) is 51.8 Å². The standard InChI is InChI=1S/C15H21F3N6/c1-22-9-3-4-11(10-22)14-20-12(5-7-15(16,17)18)24(21-14)13-6-8-19-23(13)2/h6,8,11H,3-5,7,9-10H2,1-2H3. The van der Waals surface area contributed by atoms with E-state index in [-0.39, 0.29) is 12.3 Å². The van der Waals surface area contributed by atoms with Crippen LogP contribution in [0.2, 0.25) is 0 Å². The van der Waals surface area contributed by atoms with Crippen LogP contribution in [0.5, 0.6) is 0 Å². The van der Waals surface area contributed by atoms with Gasteiger partial charge in [0.1, 0.15) is 5.82 Å². The molecular weight excluding hydrogens is 321 g/mol. The normalized spacial score (nSPS) is 19.8. The van der Waals surface area contributed by atoms with Gasteiger partial charge in [0.05, 0.1) is 12.6 Å². The molecule has 3 heterocycles. The largest absolute Gasteiger partial charge is 0.389 e. The highest BCUT2D eigenvalue weighted by atomic mass is 19.4. The van der Waals surface area contributed by atoms with Crippen LogP contribution >= 0.6 is 0 Å². The molecule has 1 fully saturated rings. The van der Waals surface area contributed by atoms with E-state index in [9.17, 15) is 13.2 Å². The summed E-state index contributed by atoms with van der Waals surface area (Å²) < 4.78 is 41.0. The quantitative estimate of drug-likeness (QED) is 0.856. The Morgan fingerprint density at radius 1 is 1.29 bits per heavy atom. The van der Waals surface area contributed by atoms with E-state index in [1.165, 1.54) is 4.68 Å². The molecule has 0 amide bonds. The van der Waals surface area contributed by atoms with Gasteiger partial charge in [0.2, 0.25) is 0 Å². The molecule has 132 valence electrons. The van der Waals surface area contributed by atoms with Crippen LogP contribution in [-0.4, -0.2) is 55.8 Å². The highest BCUT2D eigenvalue weighted by molar-refractivity contribution is 5.22. The molecule has 24 heavy (non-hydrogen) atoms. The van der Waals surface area contributed by atoms with E-state index in [0.717, 1.165) is 25.9 Å². The Balaban J connectivity index is 1.91. The van der Waals surface area contributed by atoms with Gasteiger partial charge < -0.3 is 4.90 Å². The molecule has 0 radical (unpaired) electrons. The zero-order valence-electron chi connectivity index (χ0n) is 13.8.